The smallest absolute Gasteiger partial charge is 0.313 e. The summed E-state index contributed by atoms with van der Waals surface area (Å²) in [6.45, 7) is 14.2. The van der Waals surface area contributed by atoms with E-state index in [1.165, 1.54) is 0 Å². The van der Waals surface area contributed by atoms with Crippen LogP contribution in [-0.2, 0) is 19.1 Å². The van der Waals surface area contributed by atoms with Gasteiger partial charge in [0.05, 0.1) is 23.0 Å². The average molecular weight is 508 g/mol. The zero-order valence-electron chi connectivity index (χ0n) is 23.4. The number of nitrogens with zero attached hydrogens (tertiary/aromatic N) is 1. The maximum Gasteiger partial charge on any atom is 0.313 e. The Hall–Kier alpha value is -2.26. The summed E-state index contributed by atoms with van der Waals surface area (Å²) >= 11 is 0. The molecule has 0 radical (unpaired) electrons. The normalized spacial score (nSPS) is 46.7. The van der Waals surface area contributed by atoms with Crippen LogP contribution in [0, 0.1) is 56.2 Å². The highest BCUT2D eigenvalue weighted by Gasteiger charge is 2.77. The molecule has 0 aromatic rings. The molecule has 0 aromatic heterocycles. The third-order valence-corrected chi connectivity index (χ3v) is 11.4. The van der Waals surface area contributed by atoms with Gasteiger partial charge in [0.1, 0.15) is 6.07 Å². The molecule has 1 saturated heterocycles. The van der Waals surface area contributed by atoms with Crippen molar-refractivity contribution >= 4 is 17.5 Å². The number of esters is 1. The van der Waals surface area contributed by atoms with Crippen LogP contribution in [-0.4, -0.2) is 34.9 Å². The van der Waals surface area contributed by atoms with Gasteiger partial charge in [0, 0.05) is 17.3 Å². The van der Waals surface area contributed by atoms with Crippen molar-refractivity contribution in [3.8, 4) is 6.07 Å². The first kappa shape index (κ1) is 26.4. The standard InChI is InChI=1S/C31H41NO5/c1-8-30-12-10-20-27(5)11-9-19-28(6,14-18(16-32)24(35)29(19,7)17-33)21(27)13-23(34)31(20,37-25(30)36)22(30)15-26(2,3)4/h13-14,19-20,22,33H,8-12,15,17H2,1-7H3/t19?,20?,22?,27-,28-,29-,30-,31+/m0/s1. The van der Waals surface area contributed by atoms with Gasteiger partial charge in [0.25, 0.3) is 0 Å². The summed E-state index contributed by atoms with van der Waals surface area (Å²) in [6.07, 6.45) is 7.72. The fourth-order valence-electron chi connectivity index (χ4n) is 9.66. The number of allylic oxidation sites excluding steroid dienone is 3. The van der Waals surface area contributed by atoms with Gasteiger partial charge in [-0.05, 0) is 68.3 Å². The number of ketones is 2. The molecule has 2 bridgehead atoms. The molecule has 2 saturated carbocycles. The van der Waals surface area contributed by atoms with Crippen molar-refractivity contribution < 1.29 is 24.2 Å². The molecule has 5 aliphatic rings. The molecule has 3 fully saturated rings. The number of fused-ring (bicyclic) bond motifs is 5. The number of aliphatic hydroxyl groups excluding tert-OH is 1. The number of ether oxygens (including phenoxy) is 1. The molecule has 6 heteroatoms. The zero-order chi connectivity index (χ0) is 27.4. The summed E-state index contributed by atoms with van der Waals surface area (Å²) in [7, 11) is 0. The summed E-state index contributed by atoms with van der Waals surface area (Å²) < 4.78 is 6.35. The van der Waals surface area contributed by atoms with Gasteiger partial charge in [0.15, 0.2) is 17.2 Å². The molecule has 1 heterocycles. The molecule has 0 aromatic carbocycles. The van der Waals surface area contributed by atoms with E-state index in [4.69, 9.17) is 4.74 Å². The Morgan fingerprint density at radius 1 is 1.11 bits per heavy atom. The molecule has 37 heavy (non-hydrogen) atoms. The highest BCUT2D eigenvalue weighted by Crippen LogP contribution is 2.73. The van der Waals surface area contributed by atoms with Crippen LogP contribution in [0.2, 0.25) is 0 Å². The van der Waals surface area contributed by atoms with Gasteiger partial charge >= 0.3 is 5.97 Å². The van der Waals surface area contributed by atoms with Gasteiger partial charge in [-0.1, -0.05) is 53.2 Å². The van der Waals surface area contributed by atoms with Gasteiger partial charge in [-0.2, -0.15) is 5.26 Å². The van der Waals surface area contributed by atoms with Gasteiger partial charge in [-0.3, -0.25) is 14.4 Å². The summed E-state index contributed by atoms with van der Waals surface area (Å²) in [5.74, 6) is -1.26. The van der Waals surface area contributed by atoms with Crippen molar-refractivity contribution in [2.24, 2.45) is 44.8 Å². The Balaban J connectivity index is 1.74. The van der Waals surface area contributed by atoms with Crippen LogP contribution < -0.4 is 0 Å². The lowest BCUT2D eigenvalue weighted by molar-refractivity contribution is -0.177. The number of carbonyl (C=O) groups excluding carboxylic acids is 3. The molecular formula is C31H41NO5. The van der Waals surface area contributed by atoms with E-state index in [0.717, 1.165) is 24.8 Å². The highest BCUT2D eigenvalue weighted by atomic mass is 16.6. The van der Waals surface area contributed by atoms with Crippen LogP contribution in [0.3, 0.4) is 0 Å². The highest BCUT2D eigenvalue weighted by molar-refractivity contribution is 6.06. The summed E-state index contributed by atoms with van der Waals surface area (Å²) in [4.78, 5) is 41.2. The number of hydrogen-bond acceptors (Lipinski definition) is 6. The van der Waals surface area contributed by atoms with Crippen LogP contribution in [0.1, 0.15) is 87.0 Å². The predicted molar refractivity (Wildman–Crippen MR) is 138 cm³/mol. The van der Waals surface area contributed by atoms with Crippen LogP contribution in [0.15, 0.2) is 23.3 Å². The Bertz CT molecular complexity index is 1200. The lowest BCUT2D eigenvalue weighted by Gasteiger charge is -2.64. The number of nitriles is 1. The average Bonchev–Trinajstić information content (AvgIpc) is 2.95. The molecular weight excluding hydrogens is 466 g/mol. The number of hydrogen-bond donors (Lipinski definition) is 1. The van der Waals surface area contributed by atoms with Crippen molar-refractivity contribution in [1.29, 1.82) is 5.26 Å². The maximum absolute atomic E-state index is 14.4. The predicted octanol–water partition coefficient (Wildman–Crippen LogP) is 5.10. The van der Waals surface area contributed by atoms with E-state index in [1.807, 2.05) is 13.8 Å². The Kier molecular flexibility index (Phi) is 5.45. The Morgan fingerprint density at radius 3 is 2.32 bits per heavy atom. The van der Waals surface area contributed by atoms with Gasteiger partial charge in [-0.15, -0.1) is 0 Å². The molecule has 4 aliphatic carbocycles. The van der Waals surface area contributed by atoms with E-state index >= 15 is 0 Å². The topological polar surface area (TPSA) is 104 Å². The molecule has 200 valence electrons. The lowest BCUT2D eigenvalue weighted by atomic mass is 9.38. The number of aliphatic hydroxyl groups is 1. The van der Waals surface area contributed by atoms with Crippen molar-refractivity contribution in [3.63, 3.8) is 0 Å². The monoisotopic (exact) mass is 507 g/mol. The van der Waals surface area contributed by atoms with Gasteiger partial charge in [-0.25, -0.2) is 0 Å². The quantitative estimate of drug-likeness (QED) is 0.533. The summed E-state index contributed by atoms with van der Waals surface area (Å²) in [6, 6.07) is 2.07. The minimum atomic E-state index is -1.17. The van der Waals surface area contributed by atoms with Gasteiger partial charge < -0.3 is 9.84 Å². The van der Waals surface area contributed by atoms with E-state index in [2.05, 4.69) is 33.8 Å². The fourth-order valence-corrected chi connectivity index (χ4v) is 9.66. The second kappa shape index (κ2) is 7.65. The van der Waals surface area contributed by atoms with Gasteiger partial charge in [0.2, 0.25) is 0 Å². The Morgan fingerprint density at radius 2 is 1.76 bits per heavy atom. The second-order valence-corrected chi connectivity index (χ2v) is 14.4. The van der Waals surface area contributed by atoms with E-state index in [9.17, 15) is 24.8 Å². The van der Waals surface area contributed by atoms with Crippen LogP contribution >= 0.6 is 0 Å². The summed E-state index contributed by atoms with van der Waals surface area (Å²) in [5, 5.41) is 20.2. The minimum absolute atomic E-state index is 0.0553. The Labute approximate surface area is 220 Å². The minimum Gasteiger partial charge on any atom is -0.450 e. The molecule has 3 unspecified atom stereocenters. The van der Waals surface area contributed by atoms with Crippen molar-refractivity contribution in [3.05, 3.63) is 23.3 Å². The molecule has 1 spiro atoms. The summed E-state index contributed by atoms with van der Waals surface area (Å²) in [5.41, 5.74) is -3.17. The molecule has 1 N–H and O–H groups in total. The van der Waals surface area contributed by atoms with Crippen molar-refractivity contribution in [2.75, 3.05) is 6.61 Å². The second-order valence-electron chi connectivity index (χ2n) is 14.4. The first-order chi connectivity index (χ1) is 17.1. The van der Waals surface area contributed by atoms with Crippen LogP contribution in [0.4, 0.5) is 0 Å². The molecule has 8 atom stereocenters. The lowest BCUT2D eigenvalue weighted by Crippen LogP contribution is -2.66. The number of carbonyl (C=O) groups is 3. The molecule has 5 rings (SSSR count). The van der Waals surface area contributed by atoms with Crippen LogP contribution in [0.25, 0.3) is 0 Å². The maximum atomic E-state index is 14.4. The van der Waals surface area contributed by atoms with E-state index in [1.54, 1.807) is 19.1 Å². The molecule has 6 nitrogen and oxygen atoms in total. The zero-order valence-corrected chi connectivity index (χ0v) is 23.4. The van der Waals surface area contributed by atoms with E-state index in [0.29, 0.717) is 19.3 Å². The first-order valence-corrected chi connectivity index (χ1v) is 13.9. The van der Waals surface area contributed by atoms with E-state index in [-0.39, 0.29) is 52.9 Å². The molecule has 0 amide bonds. The number of rotatable bonds is 3. The largest absolute Gasteiger partial charge is 0.450 e. The third-order valence-electron chi connectivity index (χ3n) is 11.4. The van der Waals surface area contributed by atoms with Crippen molar-refractivity contribution in [1.82, 2.24) is 0 Å². The molecule has 1 aliphatic heterocycles. The number of Topliss-reactive ketones (excluding diaryl/α,β-unsaturated/α-hetero) is 1. The fraction of sp³-hybridized carbons (Fsp3) is 0.742. The van der Waals surface area contributed by atoms with E-state index < -0.39 is 27.3 Å². The third kappa shape index (κ3) is 2.98. The SMILES string of the molecule is CC[C@@]12CCC3[C@](OC1=O)(C(=O)C=C1[C@@]4(C)C=C(C#N)C(=O)[C@@](C)(CO)C4CC[C@]13C)C2CC(C)(C)C. The first-order valence-electron chi connectivity index (χ1n) is 13.9. The van der Waals surface area contributed by atoms with Crippen molar-refractivity contribution in [2.45, 2.75) is 92.6 Å². The van der Waals surface area contributed by atoms with Crippen LogP contribution in [0.5, 0.6) is 0 Å².